The van der Waals surface area contributed by atoms with Crippen LogP contribution in [0.5, 0.6) is 0 Å². The number of rotatable bonds is 3. The first-order valence-electron chi connectivity index (χ1n) is 4.43. The molecule has 1 nitrogen and oxygen atoms in total. The highest BCUT2D eigenvalue weighted by molar-refractivity contribution is 7.80. The van der Waals surface area contributed by atoms with Crippen molar-refractivity contribution in [3.63, 3.8) is 0 Å². The highest BCUT2D eigenvalue weighted by Crippen LogP contribution is 2.30. The van der Waals surface area contributed by atoms with E-state index in [1.165, 1.54) is 6.08 Å². The van der Waals surface area contributed by atoms with Crippen molar-refractivity contribution >= 4 is 25.0 Å². The number of halogens is 3. The number of carbonyl (C=O) groups excluding carboxylic acids is 1. The van der Waals surface area contributed by atoms with Crippen LogP contribution in [0.15, 0.2) is 24.3 Å². The number of benzene rings is 1. The second-order valence-electron chi connectivity index (χ2n) is 3.04. The lowest BCUT2D eigenvalue weighted by Gasteiger charge is -2.08. The van der Waals surface area contributed by atoms with Gasteiger partial charge in [0.25, 0.3) is 0 Å². The smallest absolute Gasteiger partial charge is 0.298 e. The van der Waals surface area contributed by atoms with Crippen molar-refractivity contribution in [3.05, 3.63) is 41.0 Å². The molecule has 0 radical (unpaired) electrons. The van der Waals surface area contributed by atoms with Crippen molar-refractivity contribution in [1.82, 2.24) is 0 Å². The molecule has 0 heterocycles. The summed E-state index contributed by atoms with van der Waals surface area (Å²) in [6, 6.07) is 3.00. The molecule has 5 heteroatoms. The van der Waals surface area contributed by atoms with E-state index in [0.29, 0.717) is 12.0 Å². The van der Waals surface area contributed by atoms with Crippen LogP contribution in [0.3, 0.4) is 0 Å². The molecule has 0 saturated carbocycles. The van der Waals surface area contributed by atoms with E-state index in [9.17, 15) is 18.0 Å². The van der Waals surface area contributed by atoms with Gasteiger partial charge in [-0.15, -0.1) is 0 Å². The molecule has 0 saturated heterocycles. The summed E-state index contributed by atoms with van der Waals surface area (Å²) in [5.74, 6) is 0.397. The summed E-state index contributed by atoms with van der Waals surface area (Å²) in [5.41, 5.74) is -0.290. The molecule has 1 aromatic carbocycles. The highest BCUT2D eigenvalue weighted by atomic mass is 32.1. The summed E-state index contributed by atoms with van der Waals surface area (Å²) in [6.07, 6.45) is -0.846. The maximum absolute atomic E-state index is 12.4. The topological polar surface area (TPSA) is 17.1 Å². The molecule has 0 N–H and O–H groups in total. The minimum atomic E-state index is -4.40. The maximum Gasteiger partial charge on any atom is 0.416 e. The molecular formula is C11H9F3OS. The molecule has 1 aromatic rings. The Bertz CT molecular complexity index is 410. The highest BCUT2D eigenvalue weighted by Gasteiger charge is 2.30. The molecule has 0 fully saturated rings. The molecule has 0 atom stereocenters. The SMILES string of the molecule is O=Cc1ccc(C(F)(F)F)cc1C=CCS. The van der Waals surface area contributed by atoms with Gasteiger partial charge in [0.05, 0.1) is 5.56 Å². The minimum absolute atomic E-state index is 0.228. The van der Waals surface area contributed by atoms with E-state index in [1.54, 1.807) is 6.08 Å². The Morgan fingerprint density at radius 3 is 2.44 bits per heavy atom. The van der Waals surface area contributed by atoms with Crippen LogP contribution in [0.4, 0.5) is 13.2 Å². The van der Waals surface area contributed by atoms with Gasteiger partial charge in [0, 0.05) is 11.3 Å². The van der Waals surface area contributed by atoms with Gasteiger partial charge in [0.15, 0.2) is 6.29 Å². The van der Waals surface area contributed by atoms with Crippen molar-refractivity contribution in [2.24, 2.45) is 0 Å². The first kappa shape index (κ1) is 12.8. The zero-order valence-electron chi connectivity index (χ0n) is 8.16. The number of thiol groups is 1. The molecular weight excluding hydrogens is 237 g/mol. The Kier molecular flexibility index (Phi) is 4.18. The van der Waals surface area contributed by atoms with Crippen LogP contribution in [0, 0.1) is 0 Å². The molecule has 0 aromatic heterocycles. The normalized spacial score (nSPS) is 12.0. The second-order valence-corrected chi connectivity index (χ2v) is 3.41. The van der Waals surface area contributed by atoms with Crippen LogP contribution in [0.25, 0.3) is 6.08 Å². The standard InChI is InChI=1S/C11H9F3OS/c12-11(13,14)10-4-3-9(7-15)8(6-10)2-1-5-16/h1-4,6-7,16H,5H2. The van der Waals surface area contributed by atoms with Gasteiger partial charge in [-0.1, -0.05) is 18.2 Å². The van der Waals surface area contributed by atoms with Gasteiger partial charge in [-0.25, -0.2) is 0 Å². The van der Waals surface area contributed by atoms with Gasteiger partial charge in [-0.3, -0.25) is 4.79 Å². The number of hydrogen-bond donors (Lipinski definition) is 1. The third-order valence-electron chi connectivity index (χ3n) is 1.94. The van der Waals surface area contributed by atoms with Crippen molar-refractivity contribution in [2.45, 2.75) is 6.18 Å². The van der Waals surface area contributed by atoms with Gasteiger partial charge in [0.1, 0.15) is 0 Å². The second kappa shape index (κ2) is 5.21. The molecule has 0 spiro atoms. The number of carbonyl (C=O) groups is 1. The van der Waals surface area contributed by atoms with E-state index in [0.717, 1.165) is 18.2 Å². The third kappa shape index (κ3) is 3.13. The molecule has 0 bridgehead atoms. The molecule has 0 aliphatic carbocycles. The molecule has 0 amide bonds. The number of alkyl halides is 3. The maximum atomic E-state index is 12.4. The zero-order valence-corrected chi connectivity index (χ0v) is 9.05. The predicted molar refractivity (Wildman–Crippen MR) is 59.7 cm³/mol. The quantitative estimate of drug-likeness (QED) is 0.638. The molecule has 0 unspecified atom stereocenters. The molecule has 0 aliphatic rings. The van der Waals surface area contributed by atoms with Crippen molar-refractivity contribution in [1.29, 1.82) is 0 Å². The van der Waals surface area contributed by atoms with Gasteiger partial charge < -0.3 is 0 Å². The summed E-state index contributed by atoms with van der Waals surface area (Å²) in [4.78, 5) is 10.6. The Balaban J connectivity index is 3.21. The van der Waals surface area contributed by atoms with Gasteiger partial charge in [-0.2, -0.15) is 25.8 Å². The fraction of sp³-hybridized carbons (Fsp3) is 0.182. The molecule has 16 heavy (non-hydrogen) atoms. The average molecular weight is 246 g/mol. The van der Waals surface area contributed by atoms with Crippen LogP contribution >= 0.6 is 12.6 Å². The Morgan fingerprint density at radius 1 is 1.25 bits per heavy atom. The van der Waals surface area contributed by atoms with E-state index in [2.05, 4.69) is 12.6 Å². The Hall–Kier alpha value is -1.23. The zero-order chi connectivity index (χ0) is 12.2. The average Bonchev–Trinajstić information content (AvgIpc) is 2.24. The van der Waals surface area contributed by atoms with Crippen LogP contribution in [-0.4, -0.2) is 12.0 Å². The van der Waals surface area contributed by atoms with Gasteiger partial charge >= 0.3 is 6.18 Å². The predicted octanol–water partition coefficient (Wildman–Crippen LogP) is 3.46. The summed E-state index contributed by atoms with van der Waals surface area (Å²) in [6.45, 7) is 0. The Labute approximate surface area is 96.4 Å². The fourth-order valence-electron chi connectivity index (χ4n) is 1.18. The minimum Gasteiger partial charge on any atom is -0.298 e. The van der Waals surface area contributed by atoms with E-state index >= 15 is 0 Å². The van der Waals surface area contributed by atoms with Crippen molar-refractivity contribution in [2.75, 3.05) is 5.75 Å². The summed E-state index contributed by atoms with van der Waals surface area (Å²) < 4.78 is 37.2. The third-order valence-corrected chi connectivity index (χ3v) is 2.15. The monoisotopic (exact) mass is 246 g/mol. The van der Waals surface area contributed by atoms with E-state index in [1.807, 2.05) is 0 Å². The van der Waals surface area contributed by atoms with E-state index < -0.39 is 11.7 Å². The Morgan fingerprint density at radius 2 is 1.94 bits per heavy atom. The summed E-state index contributed by atoms with van der Waals surface area (Å²) in [7, 11) is 0. The number of aldehydes is 1. The summed E-state index contributed by atoms with van der Waals surface area (Å²) >= 11 is 3.90. The van der Waals surface area contributed by atoms with Crippen molar-refractivity contribution in [3.8, 4) is 0 Å². The first-order chi connectivity index (χ1) is 7.49. The largest absolute Gasteiger partial charge is 0.416 e. The van der Waals surface area contributed by atoms with Gasteiger partial charge in [0.2, 0.25) is 0 Å². The fourth-order valence-corrected chi connectivity index (χ4v) is 1.29. The van der Waals surface area contributed by atoms with E-state index in [-0.39, 0.29) is 11.1 Å². The van der Waals surface area contributed by atoms with Crippen LogP contribution in [0.2, 0.25) is 0 Å². The van der Waals surface area contributed by atoms with E-state index in [4.69, 9.17) is 0 Å². The lowest BCUT2D eigenvalue weighted by Crippen LogP contribution is -2.05. The first-order valence-corrected chi connectivity index (χ1v) is 5.06. The molecule has 0 aliphatic heterocycles. The lowest BCUT2D eigenvalue weighted by atomic mass is 10.0. The van der Waals surface area contributed by atoms with Crippen LogP contribution < -0.4 is 0 Å². The van der Waals surface area contributed by atoms with Crippen LogP contribution in [-0.2, 0) is 6.18 Å². The van der Waals surface area contributed by atoms with Crippen molar-refractivity contribution < 1.29 is 18.0 Å². The molecule has 86 valence electrons. The van der Waals surface area contributed by atoms with Crippen LogP contribution in [0.1, 0.15) is 21.5 Å². The summed E-state index contributed by atoms with van der Waals surface area (Å²) in [5, 5.41) is 0. The number of hydrogen-bond acceptors (Lipinski definition) is 2. The lowest BCUT2D eigenvalue weighted by molar-refractivity contribution is -0.137. The molecule has 1 rings (SSSR count). The van der Waals surface area contributed by atoms with Gasteiger partial charge in [-0.05, 0) is 17.7 Å².